The number of carbonyl (C=O) groups is 1. The number of carboxylic acid groups (broad SMARTS) is 1. The number of hydrazone groups is 1. The third kappa shape index (κ3) is 12.5. The van der Waals surface area contributed by atoms with Gasteiger partial charge in [0.1, 0.15) is 17.3 Å². The lowest BCUT2D eigenvalue weighted by Gasteiger charge is -2.11. The summed E-state index contributed by atoms with van der Waals surface area (Å²) in [5.74, 6) is -0.595. The van der Waals surface area contributed by atoms with E-state index in [2.05, 4.69) is 10.5 Å². The molecule has 0 atom stereocenters. The molecule has 2 aromatic carbocycles. The molecule has 0 aliphatic carbocycles. The summed E-state index contributed by atoms with van der Waals surface area (Å²) in [5, 5.41) is 18.1. The maximum atomic E-state index is 12.3. The summed E-state index contributed by atoms with van der Waals surface area (Å²) >= 11 is 0. The Balaban J connectivity index is 0.00000110. The molecule has 10 nitrogen and oxygen atoms in total. The highest BCUT2D eigenvalue weighted by Gasteiger charge is 2.15. The number of ether oxygens (including phenoxy) is 1. The van der Waals surface area contributed by atoms with Gasteiger partial charge in [-0.2, -0.15) is 13.5 Å². The molecule has 0 unspecified atom stereocenters. The number of carboxylic acids is 1. The Labute approximate surface area is 181 Å². The van der Waals surface area contributed by atoms with Gasteiger partial charge >= 0.3 is 10.1 Å². The van der Waals surface area contributed by atoms with E-state index in [1.807, 2.05) is 13.0 Å². The van der Waals surface area contributed by atoms with Gasteiger partial charge in [0.2, 0.25) is 5.96 Å². The van der Waals surface area contributed by atoms with Crippen LogP contribution in [0.2, 0.25) is 0 Å². The minimum Gasteiger partial charge on any atom is -0.493 e. The number of rotatable bonds is 9. The highest BCUT2D eigenvalue weighted by molar-refractivity contribution is 7.86. The summed E-state index contributed by atoms with van der Waals surface area (Å²) in [6.07, 6.45) is 2.01. The number of hydrogen-bond acceptors (Lipinski definition) is 7. The van der Waals surface area contributed by atoms with Crippen molar-refractivity contribution in [2.24, 2.45) is 10.8 Å². The molecule has 2 rings (SSSR count). The first kappa shape index (κ1) is 25.4. The number of benzene rings is 2. The number of nitrogens with one attached hydrogen (secondary N) is 2. The highest BCUT2D eigenvalue weighted by atomic mass is 32.2. The van der Waals surface area contributed by atoms with Crippen LogP contribution in [0.3, 0.4) is 0 Å². The molecule has 2 aromatic rings. The molecule has 0 saturated heterocycles. The largest absolute Gasteiger partial charge is 0.493 e. The van der Waals surface area contributed by atoms with Crippen LogP contribution < -0.4 is 20.1 Å². The number of aliphatic carboxylic acids is 1. The SMILES string of the molecule is CC(=O)O.Cc1cc(OCC/C=N\NC(=N)N)cc(OS(=O)(=O)Cc2ccccc2)c1. The predicted molar refractivity (Wildman–Crippen MR) is 118 cm³/mol. The standard InChI is InChI=1S/C18H22N4O4S.C2H4O2/c1-14-10-16(25-9-5-8-21-22-18(19)20)12-17(11-14)26-27(23,24)13-15-6-3-2-4-7-15;1-2(3)4/h2-4,6-8,10-12H,5,9,13H2,1H3,(H4,19,20,22);1H3,(H,3,4)/b21-8-;. The van der Waals surface area contributed by atoms with E-state index in [9.17, 15) is 8.42 Å². The van der Waals surface area contributed by atoms with Crippen LogP contribution >= 0.6 is 0 Å². The second-order valence-electron chi connectivity index (χ2n) is 6.25. The molecule has 31 heavy (non-hydrogen) atoms. The lowest BCUT2D eigenvalue weighted by atomic mass is 10.2. The van der Waals surface area contributed by atoms with E-state index in [0.29, 0.717) is 24.3 Å². The van der Waals surface area contributed by atoms with Crippen LogP contribution in [0.5, 0.6) is 11.5 Å². The zero-order valence-electron chi connectivity index (χ0n) is 17.2. The van der Waals surface area contributed by atoms with Gasteiger partial charge < -0.3 is 19.8 Å². The van der Waals surface area contributed by atoms with Crippen LogP contribution in [0.4, 0.5) is 0 Å². The zero-order valence-corrected chi connectivity index (χ0v) is 18.1. The first-order valence-corrected chi connectivity index (χ1v) is 10.7. The van der Waals surface area contributed by atoms with Crippen molar-refractivity contribution in [1.82, 2.24) is 5.43 Å². The maximum absolute atomic E-state index is 12.3. The van der Waals surface area contributed by atoms with Crippen LogP contribution in [-0.4, -0.2) is 38.3 Å². The van der Waals surface area contributed by atoms with Gasteiger partial charge in [-0.25, -0.2) is 5.43 Å². The molecular weight excluding hydrogens is 424 g/mol. The Kier molecular flexibility index (Phi) is 10.5. The number of hydrogen-bond donors (Lipinski definition) is 4. The van der Waals surface area contributed by atoms with E-state index in [1.165, 1.54) is 12.3 Å². The van der Waals surface area contributed by atoms with Gasteiger partial charge in [0.15, 0.2) is 0 Å². The molecule has 0 aliphatic heterocycles. The molecule has 0 bridgehead atoms. The van der Waals surface area contributed by atoms with Crippen LogP contribution in [0.15, 0.2) is 53.6 Å². The van der Waals surface area contributed by atoms with Gasteiger partial charge in [-0.15, -0.1) is 0 Å². The summed E-state index contributed by atoms with van der Waals surface area (Å²) < 4.78 is 35.3. The molecule has 0 amide bonds. The molecule has 5 N–H and O–H groups in total. The Morgan fingerprint density at radius 3 is 2.45 bits per heavy atom. The molecule has 168 valence electrons. The van der Waals surface area contributed by atoms with Gasteiger partial charge in [0, 0.05) is 25.6 Å². The molecule has 0 aliphatic rings. The van der Waals surface area contributed by atoms with E-state index in [0.717, 1.165) is 12.5 Å². The van der Waals surface area contributed by atoms with Crippen molar-refractivity contribution in [3.63, 3.8) is 0 Å². The van der Waals surface area contributed by atoms with E-state index < -0.39 is 16.1 Å². The summed E-state index contributed by atoms with van der Waals surface area (Å²) in [6.45, 7) is 3.23. The Morgan fingerprint density at radius 1 is 1.23 bits per heavy atom. The molecule has 11 heteroatoms. The molecule has 0 saturated carbocycles. The third-order valence-corrected chi connectivity index (χ3v) is 4.36. The summed E-state index contributed by atoms with van der Waals surface area (Å²) in [5.41, 5.74) is 8.85. The number of nitrogens with zero attached hydrogens (tertiary/aromatic N) is 1. The van der Waals surface area contributed by atoms with Gasteiger partial charge in [0.25, 0.3) is 5.97 Å². The second-order valence-corrected chi connectivity index (χ2v) is 7.82. The Hall–Kier alpha value is -3.60. The molecule has 0 radical (unpaired) electrons. The monoisotopic (exact) mass is 450 g/mol. The average molecular weight is 451 g/mol. The summed E-state index contributed by atoms with van der Waals surface area (Å²) in [6, 6.07) is 13.8. The lowest BCUT2D eigenvalue weighted by Crippen LogP contribution is -2.25. The first-order valence-electron chi connectivity index (χ1n) is 9.09. The fourth-order valence-corrected chi connectivity index (χ4v) is 3.26. The first-order chi connectivity index (χ1) is 14.6. The van der Waals surface area contributed by atoms with E-state index in [1.54, 1.807) is 36.4 Å². The number of aryl methyl sites for hydroxylation is 1. The molecule has 0 heterocycles. The number of guanidine groups is 1. The maximum Gasteiger partial charge on any atom is 0.313 e. The van der Waals surface area contributed by atoms with Crippen molar-refractivity contribution < 1.29 is 27.2 Å². The van der Waals surface area contributed by atoms with E-state index >= 15 is 0 Å². The quantitative estimate of drug-likeness (QED) is 0.148. The molecule has 0 aromatic heterocycles. The molecular formula is C20H26N4O6S. The average Bonchev–Trinajstić information content (AvgIpc) is 2.63. The fraction of sp³-hybridized carbons (Fsp3) is 0.250. The van der Waals surface area contributed by atoms with Crippen molar-refractivity contribution in [2.75, 3.05) is 6.61 Å². The summed E-state index contributed by atoms with van der Waals surface area (Å²) in [4.78, 5) is 9.00. The minimum atomic E-state index is -3.78. The minimum absolute atomic E-state index is 0.202. The third-order valence-electron chi connectivity index (χ3n) is 3.23. The van der Waals surface area contributed by atoms with Gasteiger partial charge in [-0.3, -0.25) is 10.2 Å². The van der Waals surface area contributed by atoms with Crippen molar-refractivity contribution in [3.8, 4) is 11.5 Å². The topological polar surface area (TPSA) is 164 Å². The zero-order chi connectivity index (χ0) is 23.3. The molecule has 0 spiro atoms. The van der Waals surface area contributed by atoms with Crippen molar-refractivity contribution in [1.29, 1.82) is 5.41 Å². The lowest BCUT2D eigenvalue weighted by molar-refractivity contribution is -0.134. The van der Waals surface area contributed by atoms with Gasteiger partial charge in [-0.1, -0.05) is 30.3 Å². The fourth-order valence-electron chi connectivity index (χ4n) is 2.21. The van der Waals surface area contributed by atoms with Crippen molar-refractivity contribution >= 4 is 28.3 Å². The van der Waals surface area contributed by atoms with E-state index in [4.69, 9.17) is 30.0 Å². The smallest absolute Gasteiger partial charge is 0.313 e. The molecule has 0 fully saturated rings. The predicted octanol–water partition coefficient (Wildman–Crippen LogP) is 2.23. The van der Waals surface area contributed by atoms with Gasteiger partial charge in [0.05, 0.1) is 6.61 Å². The van der Waals surface area contributed by atoms with Crippen LogP contribution in [-0.2, 0) is 20.7 Å². The highest BCUT2D eigenvalue weighted by Crippen LogP contribution is 2.24. The normalized spacial score (nSPS) is 10.6. The van der Waals surface area contributed by atoms with Crippen molar-refractivity contribution in [3.05, 3.63) is 59.7 Å². The van der Waals surface area contributed by atoms with Crippen molar-refractivity contribution in [2.45, 2.75) is 26.0 Å². The van der Waals surface area contributed by atoms with E-state index in [-0.39, 0.29) is 17.5 Å². The summed E-state index contributed by atoms with van der Waals surface area (Å²) in [7, 11) is -3.78. The second kappa shape index (κ2) is 12.9. The van der Waals surface area contributed by atoms with Crippen LogP contribution in [0.25, 0.3) is 0 Å². The van der Waals surface area contributed by atoms with Crippen LogP contribution in [0, 0.1) is 12.3 Å². The Morgan fingerprint density at radius 2 is 1.84 bits per heavy atom. The Bertz CT molecular complexity index is 990. The van der Waals surface area contributed by atoms with Gasteiger partial charge in [-0.05, 0) is 30.2 Å². The van der Waals surface area contributed by atoms with Crippen LogP contribution in [0.1, 0.15) is 24.5 Å². The number of nitrogens with two attached hydrogens (primary N) is 1.